The lowest BCUT2D eigenvalue weighted by Gasteiger charge is -2.33. The van der Waals surface area contributed by atoms with Crippen molar-refractivity contribution in [2.24, 2.45) is 0 Å². The lowest BCUT2D eigenvalue weighted by atomic mass is 9.85. The van der Waals surface area contributed by atoms with E-state index in [0.29, 0.717) is 17.8 Å². The Kier molecular flexibility index (Phi) is 3.76. The fourth-order valence-corrected chi connectivity index (χ4v) is 3.57. The summed E-state index contributed by atoms with van der Waals surface area (Å²) in [6.07, 6.45) is 7.38. The summed E-state index contributed by atoms with van der Waals surface area (Å²) in [7, 11) is 0. The third-order valence-corrected chi connectivity index (χ3v) is 4.52. The molecule has 0 radical (unpaired) electrons. The van der Waals surface area contributed by atoms with Gasteiger partial charge in [0.1, 0.15) is 5.75 Å². The van der Waals surface area contributed by atoms with Crippen LogP contribution in [0.4, 0.5) is 0 Å². The minimum atomic E-state index is -0.130. The molecule has 1 aromatic carbocycles. The van der Waals surface area contributed by atoms with E-state index >= 15 is 0 Å². The first-order chi connectivity index (χ1) is 9.22. The average molecular weight is 261 g/mol. The van der Waals surface area contributed by atoms with Crippen molar-refractivity contribution in [3.63, 3.8) is 0 Å². The molecule has 3 nitrogen and oxygen atoms in total. The molecule has 0 heterocycles. The van der Waals surface area contributed by atoms with Crippen LogP contribution >= 0.6 is 0 Å². The van der Waals surface area contributed by atoms with Gasteiger partial charge in [-0.3, -0.25) is 0 Å². The number of benzene rings is 1. The summed E-state index contributed by atoms with van der Waals surface area (Å²) >= 11 is 0. The number of aromatic hydroxyl groups is 1. The number of nitrogens with one attached hydrogen (secondary N) is 1. The molecule has 0 amide bonds. The van der Waals surface area contributed by atoms with Crippen LogP contribution in [0, 0.1) is 0 Å². The first-order valence-corrected chi connectivity index (χ1v) is 7.48. The number of aryl methyl sites for hydroxylation is 1. The zero-order valence-corrected chi connectivity index (χ0v) is 11.3. The molecule has 3 heteroatoms. The van der Waals surface area contributed by atoms with Gasteiger partial charge in [-0.2, -0.15) is 0 Å². The average Bonchev–Trinajstić information content (AvgIpc) is 2.38. The summed E-state index contributed by atoms with van der Waals surface area (Å²) in [6, 6.07) is 6.57. The molecule has 3 atom stereocenters. The van der Waals surface area contributed by atoms with Crippen molar-refractivity contribution in [2.75, 3.05) is 0 Å². The van der Waals surface area contributed by atoms with Crippen LogP contribution in [-0.4, -0.2) is 22.4 Å². The molecule has 104 valence electrons. The van der Waals surface area contributed by atoms with Crippen molar-refractivity contribution < 1.29 is 10.2 Å². The van der Waals surface area contributed by atoms with Gasteiger partial charge in [-0.15, -0.1) is 0 Å². The number of aliphatic hydroxyl groups excluding tert-OH is 1. The minimum Gasteiger partial charge on any atom is -0.508 e. The van der Waals surface area contributed by atoms with Gasteiger partial charge in [0.2, 0.25) is 0 Å². The lowest BCUT2D eigenvalue weighted by Crippen LogP contribution is -2.39. The van der Waals surface area contributed by atoms with Gasteiger partial charge in [0, 0.05) is 12.1 Å². The van der Waals surface area contributed by atoms with Gasteiger partial charge in [-0.1, -0.05) is 6.07 Å². The molecular formula is C16H23NO2. The molecule has 19 heavy (non-hydrogen) atoms. The monoisotopic (exact) mass is 261 g/mol. The molecule has 2 aliphatic carbocycles. The van der Waals surface area contributed by atoms with Crippen LogP contribution < -0.4 is 5.32 Å². The molecule has 0 aliphatic heterocycles. The topological polar surface area (TPSA) is 52.5 Å². The Hall–Kier alpha value is -1.06. The zero-order chi connectivity index (χ0) is 13.2. The molecule has 3 N–H and O–H groups in total. The first kappa shape index (κ1) is 12.9. The number of fused-ring (bicyclic) bond motifs is 1. The highest BCUT2D eigenvalue weighted by Crippen LogP contribution is 2.33. The molecule has 0 saturated heterocycles. The lowest BCUT2D eigenvalue weighted by molar-refractivity contribution is 0.107. The number of hydrogen-bond donors (Lipinski definition) is 3. The van der Waals surface area contributed by atoms with Crippen molar-refractivity contribution in [1.29, 1.82) is 0 Å². The maximum atomic E-state index is 9.77. The van der Waals surface area contributed by atoms with Crippen molar-refractivity contribution in [1.82, 2.24) is 5.32 Å². The van der Waals surface area contributed by atoms with Crippen molar-refractivity contribution >= 4 is 0 Å². The number of hydrogen-bond acceptors (Lipinski definition) is 3. The minimum absolute atomic E-state index is 0.130. The van der Waals surface area contributed by atoms with Crippen LogP contribution in [0.3, 0.4) is 0 Å². The summed E-state index contributed by atoms with van der Waals surface area (Å²) in [5.74, 6) is 0.368. The van der Waals surface area contributed by atoms with Crippen LogP contribution in [0.2, 0.25) is 0 Å². The SMILES string of the molecule is Oc1ccc2c(c1)CCCC2NC1CCCC(O)C1. The highest BCUT2D eigenvalue weighted by Gasteiger charge is 2.26. The van der Waals surface area contributed by atoms with E-state index in [-0.39, 0.29) is 6.10 Å². The van der Waals surface area contributed by atoms with Crippen molar-refractivity contribution in [3.8, 4) is 5.75 Å². The maximum Gasteiger partial charge on any atom is 0.115 e. The van der Waals surface area contributed by atoms with Gasteiger partial charge in [0.15, 0.2) is 0 Å². The molecule has 0 aromatic heterocycles. The van der Waals surface area contributed by atoms with Gasteiger partial charge in [-0.05, 0) is 68.2 Å². The van der Waals surface area contributed by atoms with E-state index in [1.54, 1.807) is 6.07 Å². The van der Waals surface area contributed by atoms with Gasteiger partial charge in [0.25, 0.3) is 0 Å². The van der Waals surface area contributed by atoms with Crippen LogP contribution in [0.25, 0.3) is 0 Å². The maximum absolute atomic E-state index is 9.77. The fourth-order valence-electron chi connectivity index (χ4n) is 3.57. The van der Waals surface area contributed by atoms with E-state index in [1.165, 1.54) is 24.0 Å². The summed E-state index contributed by atoms with van der Waals surface area (Å²) in [6.45, 7) is 0. The number of aliphatic hydroxyl groups is 1. The van der Waals surface area contributed by atoms with Crippen LogP contribution in [-0.2, 0) is 6.42 Å². The largest absolute Gasteiger partial charge is 0.508 e. The number of phenols is 1. The van der Waals surface area contributed by atoms with Crippen molar-refractivity contribution in [2.45, 2.75) is 63.1 Å². The van der Waals surface area contributed by atoms with Gasteiger partial charge in [0.05, 0.1) is 6.10 Å². The Morgan fingerprint density at radius 3 is 2.84 bits per heavy atom. The molecule has 0 bridgehead atoms. The highest BCUT2D eigenvalue weighted by atomic mass is 16.3. The number of phenolic OH excluding ortho intramolecular Hbond substituents is 1. The van der Waals surface area contributed by atoms with E-state index in [2.05, 4.69) is 11.4 Å². The predicted octanol–water partition coefficient (Wildman–Crippen LogP) is 2.66. The summed E-state index contributed by atoms with van der Waals surface area (Å²) in [4.78, 5) is 0. The van der Waals surface area contributed by atoms with Gasteiger partial charge in [-0.25, -0.2) is 0 Å². The third-order valence-electron chi connectivity index (χ3n) is 4.52. The fraction of sp³-hybridized carbons (Fsp3) is 0.625. The van der Waals surface area contributed by atoms with E-state index in [1.807, 2.05) is 6.07 Å². The number of rotatable bonds is 2. The Morgan fingerprint density at radius 2 is 2.00 bits per heavy atom. The quantitative estimate of drug-likeness (QED) is 0.767. The Balaban J connectivity index is 1.72. The Labute approximate surface area is 114 Å². The Morgan fingerprint density at radius 1 is 1.11 bits per heavy atom. The van der Waals surface area contributed by atoms with Crippen LogP contribution in [0.15, 0.2) is 18.2 Å². The van der Waals surface area contributed by atoms with E-state index in [0.717, 1.165) is 32.1 Å². The second-order valence-corrected chi connectivity index (χ2v) is 6.01. The third kappa shape index (κ3) is 2.93. The van der Waals surface area contributed by atoms with Crippen LogP contribution in [0.1, 0.15) is 55.7 Å². The van der Waals surface area contributed by atoms with E-state index < -0.39 is 0 Å². The molecule has 2 aliphatic rings. The standard InChI is InChI=1S/C16H23NO2/c18-13-5-2-4-12(10-13)17-16-6-1-3-11-9-14(19)7-8-15(11)16/h7-9,12-13,16-19H,1-6,10H2. The zero-order valence-electron chi connectivity index (χ0n) is 11.3. The molecule has 1 aromatic rings. The van der Waals surface area contributed by atoms with Crippen molar-refractivity contribution in [3.05, 3.63) is 29.3 Å². The molecule has 1 fully saturated rings. The van der Waals surface area contributed by atoms with E-state index in [4.69, 9.17) is 0 Å². The first-order valence-electron chi connectivity index (χ1n) is 7.48. The summed E-state index contributed by atoms with van der Waals surface area (Å²) in [5.41, 5.74) is 2.62. The molecule has 0 spiro atoms. The normalized spacial score (nSPS) is 30.9. The highest BCUT2D eigenvalue weighted by molar-refractivity contribution is 5.38. The smallest absolute Gasteiger partial charge is 0.115 e. The van der Waals surface area contributed by atoms with Gasteiger partial charge < -0.3 is 15.5 Å². The second-order valence-electron chi connectivity index (χ2n) is 6.01. The van der Waals surface area contributed by atoms with Gasteiger partial charge >= 0.3 is 0 Å². The predicted molar refractivity (Wildman–Crippen MR) is 75.2 cm³/mol. The Bertz CT molecular complexity index is 446. The molecule has 3 rings (SSSR count). The summed E-state index contributed by atoms with van der Waals surface area (Å²) in [5, 5.41) is 23.1. The second kappa shape index (κ2) is 5.51. The van der Waals surface area contributed by atoms with Crippen LogP contribution in [0.5, 0.6) is 5.75 Å². The molecule has 1 saturated carbocycles. The molecule has 3 unspecified atom stereocenters. The molecular weight excluding hydrogens is 238 g/mol. The summed E-state index contributed by atoms with van der Waals surface area (Å²) < 4.78 is 0. The van der Waals surface area contributed by atoms with E-state index in [9.17, 15) is 10.2 Å².